The van der Waals surface area contributed by atoms with Crippen molar-refractivity contribution in [2.75, 3.05) is 10.6 Å². The number of nitrogens with one attached hydrogen (secondary N) is 2. The predicted octanol–water partition coefficient (Wildman–Crippen LogP) is 5.44. The number of anilines is 3. The van der Waals surface area contributed by atoms with E-state index in [2.05, 4.69) is 20.4 Å². The number of nitrogens with zero attached hydrogens (tertiary/aromatic N) is 1. The molecule has 0 aliphatic rings. The summed E-state index contributed by atoms with van der Waals surface area (Å²) in [7, 11) is 0. The molecule has 7 heteroatoms. The van der Waals surface area contributed by atoms with Crippen LogP contribution < -0.4 is 15.4 Å². The van der Waals surface area contributed by atoms with Gasteiger partial charge in [0.1, 0.15) is 11.6 Å². The lowest BCUT2D eigenvalue weighted by atomic mass is 10.1. The number of halogens is 2. The number of carbonyl (C=O) groups is 1. The molecule has 0 saturated heterocycles. The van der Waals surface area contributed by atoms with Gasteiger partial charge in [-0.1, -0.05) is 24.3 Å². The molecule has 1 amide bonds. The van der Waals surface area contributed by atoms with Crippen LogP contribution in [0.1, 0.15) is 13.8 Å². The van der Waals surface area contributed by atoms with Gasteiger partial charge in [0.15, 0.2) is 0 Å². The van der Waals surface area contributed by atoms with E-state index in [1.54, 1.807) is 24.4 Å². The van der Waals surface area contributed by atoms with Crippen molar-refractivity contribution in [2.24, 2.45) is 0 Å². The van der Waals surface area contributed by atoms with Gasteiger partial charge in [0.05, 0.1) is 0 Å². The average molecular weight is 383 g/mol. The number of rotatable bonds is 6. The second-order valence-electron chi connectivity index (χ2n) is 6.22. The molecule has 0 saturated carbocycles. The highest BCUT2D eigenvalue weighted by atomic mass is 19.3. The summed E-state index contributed by atoms with van der Waals surface area (Å²) in [6.07, 6.45) is -1.58. The molecule has 3 aromatic rings. The minimum Gasteiger partial charge on any atom is -0.433 e. The van der Waals surface area contributed by atoms with Gasteiger partial charge in [-0.25, -0.2) is 4.98 Å². The molecule has 3 rings (SSSR count). The average Bonchev–Trinajstić information content (AvgIpc) is 2.61. The number of pyridine rings is 1. The van der Waals surface area contributed by atoms with Crippen LogP contribution in [0.4, 0.5) is 26.0 Å². The first-order chi connectivity index (χ1) is 13.3. The lowest BCUT2D eigenvalue weighted by Gasteiger charge is -2.14. The first kappa shape index (κ1) is 19.3. The Morgan fingerprint density at radius 1 is 1.07 bits per heavy atom. The largest absolute Gasteiger partial charge is 0.433 e. The van der Waals surface area contributed by atoms with E-state index >= 15 is 0 Å². The third kappa shape index (κ3) is 5.26. The van der Waals surface area contributed by atoms with E-state index in [1.807, 2.05) is 30.3 Å². The fourth-order valence-electron chi connectivity index (χ4n) is 2.65. The number of aromatic nitrogens is 1. The number of hydrogen-bond donors (Lipinski definition) is 2. The third-order valence-electron chi connectivity index (χ3n) is 3.72. The van der Waals surface area contributed by atoms with Crippen molar-refractivity contribution in [3.05, 3.63) is 66.9 Å². The van der Waals surface area contributed by atoms with E-state index in [9.17, 15) is 13.6 Å². The highest BCUT2D eigenvalue weighted by molar-refractivity contribution is 5.94. The first-order valence-electron chi connectivity index (χ1n) is 8.57. The van der Waals surface area contributed by atoms with Gasteiger partial charge in [-0.05, 0) is 30.3 Å². The fourth-order valence-corrected chi connectivity index (χ4v) is 2.65. The quantitative estimate of drug-likeness (QED) is 0.595. The van der Waals surface area contributed by atoms with Crippen LogP contribution in [0.25, 0.3) is 11.1 Å². The number of benzene rings is 2. The molecule has 0 unspecified atom stereocenters. The molecule has 0 aliphatic carbocycles. The van der Waals surface area contributed by atoms with Gasteiger partial charge in [0.2, 0.25) is 5.91 Å². The number of para-hydroxylation sites is 1. The SMILES string of the molecule is CC(=O)Nc1ccccc1-c1ccc(Nc2cccc(OC(C)(F)F)c2)nc1. The van der Waals surface area contributed by atoms with Crippen LogP contribution in [0.2, 0.25) is 0 Å². The van der Waals surface area contributed by atoms with E-state index < -0.39 is 6.11 Å². The summed E-state index contributed by atoms with van der Waals surface area (Å²) in [6.45, 7) is 2.14. The molecular formula is C21H19F2N3O2. The monoisotopic (exact) mass is 383 g/mol. The summed E-state index contributed by atoms with van der Waals surface area (Å²) < 4.78 is 30.6. The minimum atomic E-state index is -3.25. The molecule has 144 valence electrons. The molecule has 0 radical (unpaired) electrons. The Kier molecular flexibility index (Phi) is 5.54. The maximum atomic E-state index is 13.0. The topological polar surface area (TPSA) is 63.2 Å². The molecule has 1 aromatic heterocycles. The van der Waals surface area contributed by atoms with Gasteiger partial charge in [-0.2, -0.15) is 8.78 Å². The predicted molar refractivity (Wildman–Crippen MR) is 105 cm³/mol. The first-order valence-corrected chi connectivity index (χ1v) is 8.57. The summed E-state index contributed by atoms with van der Waals surface area (Å²) in [5.41, 5.74) is 2.94. The van der Waals surface area contributed by atoms with E-state index in [1.165, 1.54) is 19.1 Å². The van der Waals surface area contributed by atoms with Gasteiger partial charge in [0.25, 0.3) is 0 Å². The highest BCUT2D eigenvalue weighted by Gasteiger charge is 2.23. The number of ether oxygens (including phenoxy) is 1. The third-order valence-corrected chi connectivity index (χ3v) is 3.72. The Hall–Kier alpha value is -3.48. The molecule has 0 fully saturated rings. The Morgan fingerprint density at radius 3 is 2.54 bits per heavy atom. The van der Waals surface area contributed by atoms with Crippen molar-refractivity contribution in [3.8, 4) is 16.9 Å². The number of alkyl halides is 2. The fraction of sp³-hybridized carbons (Fsp3) is 0.143. The van der Waals surface area contributed by atoms with Crippen LogP contribution in [-0.2, 0) is 4.79 Å². The highest BCUT2D eigenvalue weighted by Crippen LogP contribution is 2.29. The summed E-state index contributed by atoms with van der Waals surface area (Å²) in [6, 6.07) is 17.3. The van der Waals surface area contributed by atoms with Crippen LogP contribution in [0.15, 0.2) is 66.9 Å². The lowest BCUT2D eigenvalue weighted by Crippen LogP contribution is -2.19. The van der Waals surface area contributed by atoms with E-state index in [-0.39, 0.29) is 11.7 Å². The van der Waals surface area contributed by atoms with E-state index in [0.29, 0.717) is 24.1 Å². The maximum absolute atomic E-state index is 13.0. The summed E-state index contributed by atoms with van der Waals surface area (Å²) in [4.78, 5) is 15.7. The lowest BCUT2D eigenvalue weighted by molar-refractivity contribution is -0.158. The molecule has 28 heavy (non-hydrogen) atoms. The minimum absolute atomic E-state index is 0.0540. The van der Waals surface area contributed by atoms with Crippen LogP contribution in [-0.4, -0.2) is 17.0 Å². The Bertz CT molecular complexity index is 970. The molecule has 1 heterocycles. The summed E-state index contributed by atoms with van der Waals surface area (Å²) in [5.74, 6) is 0.443. The van der Waals surface area contributed by atoms with Crippen LogP contribution in [0, 0.1) is 0 Å². The second kappa shape index (κ2) is 8.04. The zero-order valence-electron chi connectivity index (χ0n) is 15.4. The zero-order chi connectivity index (χ0) is 20.1. The van der Waals surface area contributed by atoms with Gasteiger partial charge in [0, 0.05) is 48.6 Å². The van der Waals surface area contributed by atoms with Crippen molar-refractivity contribution >= 4 is 23.1 Å². The molecule has 0 bridgehead atoms. The van der Waals surface area contributed by atoms with E-state index in [4.69, 9.17) is 0 Å². The molecule has 0 aliphatic heterocycles. The van der Waals surface area contributed by atoms with Gasteiger partial charge < -0.3 is 15.4 Å². The van der Waals surface area contributed by atoms with Crippen LogP contribution in [0.5, 0.6) is 5.75 Å². The second-order valence-corrected chi connectivity index (χ2v) is 6.22. The zero-order valence-corrected chi connectivity index (χ0v) is 15.4. The van der Waals surface area contributed by atoms with Crippen molar-refractivity contribution < 1.29 is 18.3 Å². The molecule has 2 N–H and O–H groups in total. The standard InChI is InChI=1S/C21H19F2N3O2/c1-14(27)25-19-9-4-3-8-18(19)15-10-11-20(24-13-15)26-16-6-5-7-17(12-16)28-21(2,22)23/h3-13H,1-2H3,(H,24,26)(H,25,27). The Morgan fingerprint density at radius 2 is 1.86 bits per heavy atom. The molecular weight excluding hydrogens is 364 g/mol. The Balaban J connectivity index is 1.77. The Labute approximate surface area is 161 Å². The normalized spacial score (nSPS) is 11.0. The molecule has 0 spiro atoms. The van der Waals surface area contributed by atoms with Crippen molar-refractivity contribution in [1.29, 1.82) is 0 Å². The molecule has 5 nitrogen and oxygen atoms in total. The van der Waals surface area contributed by atoms with Gasteiger partial charge in [-0.3, -0.25) is 4.79 Å². The van der Waals surface area contributed by atoms with Gasteiger partial charge in [-0.15, -0.1) is 0 Å². The number of carbonyl (C=O) groups excluding carboxylic acids is 1. The maximum Gasteiger partial charge on any atom is 0.394 e. The molecule has 0 atom stereocenters. The van der Waals surface area contributed by atoms with Gasteiger partial charge >= 0.3 is 6.11 Å². The van der Waals surface area contributed by atoms with Crippen molar-refractivity contribution in [1.82, 2.24) is 4.98 Å². The number of amides is 1. The smallest absolute Gasteiger partial charge is 0.394 e. The van der Waals surface area contributed by atoms with Crippen molar-refractivity contribution in [3.63, 3.8) is 0 Å². The number of hydrogen-bond acceptors (Lipinski definition) is 4. The summed E-state index contributed by atoms with van der Waals surface area (Å²) >= 11 is 0. The van der Waals surface area contributed by atoms with Crippen LogP contribution in [0.3, 0.4) is 0 Å². The molecule has 2 aromatic carbocycles. The van der Waals surface area contributed by atoms with Crippen molar-refractivity contribution in [2.45, 2.75) is 20.0 Å². The summed E-state index contributed by atoms with van der Waals surface area (Å²) in [5, 5.41) is 5.84. The van der Waals surface area contributed by atoms with E-state index in [0.717, 1.165) is 11.1 Å². The van der Waals surface area contributed by atoms with Crippen LogP contribution >= 0.6 is 0 Å².